The molecule has 6 rings (SSSR count). The number of nitrogens with zero attached hydrogens (tertiary/aromatic N) is 1. The van der Waals surface area contributed by atoms with Crippen LogP contribution in [-0.2, 0) is 15.0 Å². The van der Waals surface area contributed by atoms with Crippen LogP contribution in [0.1, 0.15) is 87.2 Å². The van der Waals surface area contributed by atoms with E-state index in [1.165, 1.54) is 31.4 Å². The topological polar surface area (TPSA) is 128 Å². The molecular formula is C40H46Cl2FN3O6. The number of rotatable bonds is 9. The van der Waals surface area contributed by atoms with Crippen LogP contribution in [-0.4, -0.2) is 59.8 Å². The van der Waals surface area contributed by atoms with Gasteiger partial charge in [0.2, 0.25) is 5.91 Å². The summed E-state index contributed by atoms with van der Waals surface area (Å²) in [6, 6.07) is 13.7. The minimum atomic E-state index is -1.13. The molecule has 9 nitrogen and oxygen atoms in total. The molecule has 3 aromatic carbocycles. The minimum absolute atomic E-state index is 0.00336. The van der Waals surface area contributed by atoms with Crippen molar-refractivity contribution in [1.29, 1.82) is 0 Å². The summed E-state index contributed by atoms with van der Waals surface area (Å²) in [5.41, 5.74) is 1.41. The molecule has 12 heteroatoms. The Labute approximate surface area is 313 Å². The lowest BCUT2D eigenvalue weighted by atomic mass is 9.63. The summed E-state index contributed by atoms with van der Waals surface area (Å²) in [6.07, 6.45) is 3.38. The second-order valence-electron chi connectivity index (χ2n) is 15.8. The maximum Gasteiger partial charge on any atom is 0.335 e. The third kappa shape index (κ3) is 6.97. The molecule has 3 aliphatic rings. The van der Waals surface area contributed by atoms with Crippen molar-refractivity contribution in [2.24, 2.45) is 17.3 Å². The number of amides is 1. The first-order chi connectivity index (χ1) is 24.5. The number of halogens is 3. The SMILES string of the molecule is COc1cc(C(=O)O)ccc1NC(=O)[C@@H]1NC(CC(C)(C)C)[C@@]2(CN([C@@H](C)C3CCC(C(=O)O)CC3)c3cc(Cl)ccc32)[C@H]1c1cccc(Cl)c1F. The van der Waals surface area contributed by atoms with Gasteiger partial charge in [-0.1, -0.05) is 62.2 Å². The Balaban J connectivity index is 1.50. The fourth-order valence-electron chi connectivity index (χ4n) is 9.03. The van der Waals surface area contributed by atoms with E-state index in [2.05, 4.69) is 43.2 Å². The summed E-state index contributed by atoms with van der Waals surface area (Å²) >= 11 is 13.2. The molecule has 2 aliphatic heterocycles. The highest BCUT2D eigenvalue weighted by Gasteiger charge is 2.63. The Morgan fingerprint density at radius 3 is 2.40 bits per heavy atom. The zero-order valence-electron chi connectivity index (χ0n) is 30.0. The van der Waals surface area contributed by atoms with Gasteiger partial charge >= 0.3 is 11.9 Å². The number of fused-ring (bicyclic) bond motifs is 2. The van der Waals surface area contributed by atoms with E-state index in [1.54, 1.807) is 12.1 Å². The Morgan fingerprint density at radius 2 is 1.77 bits per heavy atom. The number of carbonyl (C=O) groups excluding carboxylic acids is 1. The first kappa shape index (κ1) is 37.9. The maximum atomic E-state index is 16.5. The predicted octanol–water partition coefficient (Wildman–Crippen LogP) is 8.38. The predicted molar refractivity (Wildman–Crippen MR) is 201 cm³/mol. The van der Waals surface area contributed by atoms with Gasteiger partial charge in [0.05, 0.1) is 35.3 Å². The van der Waals surface area contributed by atoms with Crippen LogP contribution in [0.2, 0.25) is 10.0 Å². The lowest BCUT2D eigenvalue weighted by molar-refractivity contribution is -0.143. The number of ether oxygens (including phenoxy) is 1. The number of carbonyl (C=O) groups is 3. The highest BCUT2D eigenvalue weighted by Crippen LogP contribution is 2.59. The summed E-state index contributed by atoms with van der Waals surface area (Å²) in [5, 5.41) is 26.4. The summed E-state index contributed by atoms with van der Waals surface area (Å²) in [4.78, 5) is 40.4. The van der Waals surface area contributed by atoms with Crippen molar-refractivity contribution in [3.8, 4) is 5.75 Å². The van der Waals surface area contributed by atoms with Gasteiger partial charge < -0.3 is 30.5 Å². The number of benzene rings is 3. The second kappa shape index (κ2) is 14.5. The monoisotopic (exact) mass is 753 g/mol. The first-order valence-corrected chi connectivity index (χ1v) is 18.5. The van der Waals surface area contributed by atoms with Crippen LogP contribution in [0.4, 0.5) is 15.8 Å². The van der Waals surface area contributed by atoms with Crippen LogP contribution >= 0.6 is 23.2 Å². The molecule has 1 spiro atoms. The van der Waals surface area contributed by atoms with Crippen molar-refractivity contribution in [1.82, 2.24) is 5.32 Å². The molecule has 1 unspecified atom stereocenters. The number of methoxy groups -OCH3 is 1. The number of hydrogen-bond donors (Lipinski definition) is 4. The van der Waals surface area contributed by atoms with Crippen molar-refractivity contribution in [2.45, 2.75) is 89.3 Å². The summed E-state index contributed by atoms with van der Waals surface area (Å²) < 4.78 is 22.0. The fraction of sp³-hybridized carbons (Fsp3) is 0.475. The van der Waals surface area contributed by atoms with E-state index >= 15 is 4.39 Å². The molecule has 3 aromatic rings. The quantitative estimate of drug-likeness (QED) is 0.172. The zero-order chi connectivity index (χ0) is 37.7. The Kier molecular flexibility index (Phi) is 10.6. The van der Waals surface area contributed by atoms with Gasteiger partial charge in [-0.15, -0.1) is 0 Å². The minimum Gasteiger partial charge on any atom is -0.495 e. The molecule has 4 N–H and O–H groups in total. The average Bonchev–Trinajstić information content (AvgIpc) is 3.59. The molecule has 1 amide bonds. The molecule has 0 radical (unpaired) electrons. The molecule has 1 aliphatic carbocycles. The number of nitrogens with one attached hydrogen (secondary N) is 2. The lowest BCUT2D eigenvalue weighted by Crippen LogP contribution is -2.50. The van der Waals surface area contributed by atoms with Crippen LogP contribution in [0.5, 0.6) is 5.75 Å². The van der Waals surface area contributed by atoms with Crippen LogP contribution in [0, 0.1) is 23.1 Å². The number of carboxylic acids is 2. The van der Waals surface area contributed by atoms with Crippen molar-refractivity contribution >= 4 is 52.4 Å². The standard InChI is InChI=1S/C40H46Cl2FN3O6/c1-21(22-9-11-23(12-10-22)37(48)49)46-20-40(27-15-14-25(41)18-30(27)46)32(19-39(2,3)4)45-35(33(40)26-7-6-8-28(42)34(26)43)36(47)44-29-16-13-24(38(50)51)17-31(29)52-5/h6-8,13-18,21-23,32-33,35,45H,9-12,19-20H2,1-5H3,(H,44,47)(H,48,49)(H,50,51)/t21-,22?,23?,32?,33-,35+,40-/m0/s1. The van der Waals surface area contributed by atoms with E-state index in [9.17, 15) is 24.6 Å². The van der Waals surface area contributed by atoms with Gasteiger partial charge in [-0.3, -0.25) is 9.59 Å². The Hall–Kier alpha value is -3.86. The molecule has 1 saturated heterocycles. The van der Waals surface area contributed by atoms with E-state index in [-0.39, 0.29) is 51.4 Å². The zero-order valence-corrected chi connectivity index (χ0v) is 31.5. The maximum absolute atomic E-state index is 16.5. The molecule has 2 fully saturated rings. The van der Waals surface area contributed by atoms with Gasteiger partial charge in [0.15, 0.2) is 0 Å². The Bertz CT molecular complexity index is 1880. The molecule has 2 heterocycles. The average molecular weight is 755 g/mol. The molecule has 1 saturated carbocycles. The Morgan fingerprint density at radius 1 is 1.06 bits per heavy atom. The van der Waals surface area contributed by atoms with E-state index in [0.29, 0.717) is 36.4 Å². The molecule has 52 heavy (non-hydrogen) atoms. The number of aromatic carboxylic acids is 1. The smallest absolute Gasteiger partial charge is 0.335 e. The molecule has 5 atom stereocenters. The van der Waals surface area contributed by atoms with Crippen molar-refractivity contribution in [3.63, 3.8) is 0 Å². The largest absolute Gasteiger partial charge is 0.495 e. The van der Waals surface area contributed by atoms with E-state index in [1.807, 2.05) is 18.2 Å². The first-order valence-electron chi connectivity index (χ1n) is 17.8. The summed E-state index contributed by atoms with van der Waals surface area (Å²) in [7, 11) is 1.40. The van der Waals surface area contributed by atoms with Gasteiger partial charge in [-0.2, -0.15) is 0 Å². The third-order valence-electron chi connectivity index (χ3n) is 11.5. The molecule has 0 aromatic heterocycles. The number of carboxylic acid groups (broad SMARTS) is 2. The van der Waals surface area contributed by atoms with Gasteiger partial charge in [0, 0.05) is 40.7 Å². The second-order valence-corrected chi connectivity index (χ2v) is 16.7. The molecule has 0 bridgehead atoms. The van der Waals surface area contributed by atoms with Crippen LogP contribution < -0.4 is 20.3 Å². The summed E-state index contributed by atoms with van der Waals surface area (Å²) in [5.74, 6) is -3.62. The van der Waals surface area contributed by atoms with E-state index in [0.717, 1.165) is 24.1 Å². The van der Waals surface area contributed by atoms with E-state index < -0.39 is 41.0 Å². The lowest BCUT2D eigenvalue weighted by Gasteiger charge is -2.42. The molecule has 278 valence electrons. The number of aliphatic carboxylic acids is 1. The van der Waals surface area contributed by atoms with Crippen molar-refractivity contribution in [2.75, 3.05) is 23.9 Å². The number of hydrogen-bond acceptors (Lipinski definition) is 6. The van der Waals surface area contributed by atoms with Crippen molar-refractivity contribution < 1.29 is 33.7 Å². The van der Waals surface area contributed by atoms with E-state index in [4.69, 9.17) is 27.9 Å². The van der Waals surface area contributed by atoms with Crippen LogP contribution in [0.25, 0.3) is 0 Å². The van der Waals surface area contributed by atoms with Crippen molar-refractivity contribution in [3.05, 3.63) is 87.2 Å². The van der Waals surface area contributed by atoms with Crippen LogP contribution in [0.15, 0.2) is 54.6 Å². The van der Waals surface area contributed by atoms with Gasteiger partial charge in [-0.25, -0.2) is 9.18 Å². The van der Waals surface area contributed by atoms with Gasteiger partial charge in [-0.05, 0) is 97.9 Å². The van der Waals surface area contributed by atoms with Crippen LogP contribution in [0.3, 0.4) is 0 Å². The van der Waals surface area contributed by atoms with Gasteiger partial charge in [0.1, 0.15) is 11.6 Å². The normalized spacial score (nSPS) is 26.2. The third-order valence-corrected chi connectivity index (χ3v) is 12.0. The summed E-state index contributed by atoms with van der Waals surface area (Å²) in [6.45, 7) is 9.03. The fourth-order valence-corrected chi connectivity index (χ4v) is 9.38. The molecular weight excluding hydrogens is 708 g/mol. The van der Waals surface area contributed by atoms with Gasteiger partial charge in [0.25, 0.3) is 0 Å². The highest BCUT2D eigenvalue weighted by atomic mass is 35.5. The number of anilines is 2. The highest BCUT2D eigenvalue weighted by molar-refractivity contribution is 6.31.